The van der Waals surface area contributed by atoms with E-state index in [2.05, 4.69) is 83.8 Å². The first-order valence-electron chi connectivity index (χ1n) is 10.2. The van der Waals surface area contributed by atoms with Crippen molar-refractivity contribution in [2.45, 2.75) is 44.8 Å². The predicted octanol–water partition coefficient (Wildman–Crippen LogP) is 5.29. The Balaban J connectivity index is 1.66. The summed E-state index contributed by atoms with van der Waals surface area (Å²) < 4.78 is 6.17. The molecule has 5 atom stereocenters. The first-order chi connectivity index (χ1) is 13.5. The number of hydrogen-bond donors (Lipinski definition) is 1. The van der Waals surface area contributed by atoms with Gasteiger partial charge in [-0.2, -0.15) is 0 Å². The summed E-state index contributed by atoms with van der Waals surface area (Å²) in [5.74, 6) is 0.869. The van der Waals surface area contributed by atoms with Crippen LogP contribution >= 0.6 is 9.24 Å². The van der Waals surface area contributed by atoms with Crippen LogP contribution in [-0.2, 0) is 4.74 Å². The fourth-order valence-corrected chi connectivity index (χ4v) is 4.85. The van der Waals surface area contributed by atoms with Gasteiger partial charge in [0.1, 0.15) is 0 Å². The summed E-state index contributed by atoms with van der Waals surface area (Å²) in [6.45, 7) is 4.63. The van der Waals surface area contributed by atoms with Gasteiger partial charge in [0.15, 0.2) is 0 Å². The summed E-state index contributed by atoms with van der Waals surface area (Å²) in [5.41, 5.74) is 6.45. The van der Waals surface area contributed by atoms with Crippen LogP contribution in [0.4, 0.5) is 0 Å². The molecule has 1 aromatic carbocycles. The van der Waals surface area contributed by atoms with Gasteiger partial charge in [-0.25, -0.2) is 0 Å². The molecule has 28 heavy (non-hydrogen) atoms. The van der Waals surface area contributed by atoms with Crippen molar-refractivity contribution in [3.8, 4) is 11.1 Å². The zero-order chi connectivity index (χ0) is 19.7. The van der Waals surface area contributed by atoms with Crippen LogP contribution in [-0.4, -0.2) is 17.8 Å². The fraction of sp³-hybridized carbons (Fsp3) is 0.360. The fourth-order valence-electron chi connectivity index (χ4n) is 4.42. The summed E-state index contributed by atoms with van der Waals surface area (Å²) in [6, 6.07) is 21.9. The normalized spacial score (nSPS) is 23.6. The van der Waals surface area contributed by atoms with Crippen molar-refractivity contribution in [3.05, 3.63) is 77.4 Å². The molecule has 146 valence electrons. The van der Waals surface area contributed by atoms with E-state index >= 15 is 0 Å². The Labute approximate surface area is 170 Å². The summed E-state index contributed by atoms with van der Waals surface area (Å²) in [4.78, 5) is 0. The van der Waals surface area contributed by atoms with E-state index in [-0.39, 0.29) is 18.8 Å². The average molecular weight is 392 g/mol. The molecule has 0 aromatic heterocycles. The predicted molar refractivity (Wildman–Crippen MR) is 119 cm³/mol. The van der Waals surface area contributed by atoms with E-state index < -0.39 is 0 Å². The van der Waals surface area contributed by atoms with Gasteiger partial charge in [-0.05, 0) is 51.9 Å². The SMILES string of the molecule is CC1CC(CO)OC(c2ccc(P)c(C(C)c3cc4cccccc-4c3)c2)C1. The Morgan fingerprint density at radius 2 is 1.75 bits per heavy atom. The van der Waals surface area contributed by atoms with Crippen LogP contribution in [0.25, 0.3) is 11.1 Å². The van der Waals surface area contributed by atoms with Gasteiger partial charge in [-0.15, -0.1) is 9.24 Å². The van der Waals surface area contributed by atoms with Crippen LogP contribution in [0.3, 0.4) is 0 Å². The molecule has 0 saturated carbocycles. The summed E-state index contributed by atoms with van der Waals surface area (Å²) in [7, 11) is 2.89. The van der Waals surface area contributed by atoms with Gasteiger partial charge in [0.05, 0.1) is 18.8 Å². The lowest BCUT2D eigenvalue weighted by molar-refractivity contribution is -0.0900. The summed E-state index contributed by atoms with van der Waals surface area (Å²) in [6.07, 6.45) is 1.97. The van der Waals surface area contributed by atoms with Gasteiger partial charge in [-0.1, -0.05) is 74.5 Å². The molecule has 1 aromatic rings. The number of aliphatic hydroxyl groups is 1. The minimum atomic E-state index is -0.0496. The Morgan fingerprint density at radius 1 is 1.04 bits per heavy atom. The second kappa shape index (κ2) is 8.33. The molecular weight excluding hydrogens is 363 g/mol. The van der Waals surface area contributed by atoms with E-state index in [4.69, 9.17) is 4.74 Å². The van der Waals surface area contributed by atoms with Crippen molar-refractivity contribution in [2.24, 2.45) is 5.92 Å². The van der Waals surface area contributed by atoms with Gasteiger partial charge in [0, 0.05) is 5.92 Å². The number of fused-ring (bicyclic) bond motifs is 1. The molecule has 5 unspecified atom stereocenters. The molecule has 2 nitrogen and oxygen atoms in total. The minimum Gasteiger partial charge on any atom is -0.394 e. The van der Waals surface area contributed by atoms with Gasteiger partial charge < -0.3 is 9.84 Å². The topological polar surface area (TPSA) is 29.5 Å². The summed E-state index contributed by atoms with van der Waals surface area (Å²) in [5, 5.41) is 10.8. The second-order valence-corrected chi connectivity index (χ2v) is 8.85. The number of ether oxygens (including phenoxy) is 1. The molecular formula is C25H29O2P. The van der Waals surface area contributed by atoms with Crippen molar-refractivity contribution < 1.29 is 9.84 Å². The Kier molecular flexibility index (Phi) is 5.83. The van der Waals surface area contributed by atoms with E-state index in [0.29, 0.717) is 11.8 Å². The van der Waals surface area contributed by atoms with E-state index in [0.717, 1.165) is 12.8 Å². The maximum atomic E-state index is 9.57. The standard InChI is InChI=1S/C25H29O2P/c1-16-10-22(15-26)27-24(11-16)20-8-9-25(28)23(14-20)17(2)21-12-18-6-4-3-5-7-19(18)13-21/h3-9,12-14,16-17,22,24,26H,10-11,15,28H2,1-2H3. The highest BCUT2D eigenvalue weighted by Crippen LogP contribution is 2.37. The molecule has 3 heteroatoms. The smallest absolute Gasteiger partial charge is 0.0832 e. The zero-order valence-electron chi connectivity index (χ0n) is 16.6. The zero-order valence-corrected chi connectivity index (χ0v) is 17.8. The molecule has 3 aliphatic rings. The third-order valence-electron chi connectivity index (χ3n) is 6.04. The number of aliphatic hydroxyl groups excluding tert-OH is 1. The van der Waals surface area contributed by atoms with Gasteiger partial charge in [0.2, 0.25) is 0 Å². The maximum absolute atomic E-state index is 9.57. The van der Waals surface area contributed by atoms with Crippen molar-refractivity contribution >= 4 is 14.5 Å². The van der Waals surface area contributed by atoms with Crippen molar-refractivity contribution in [1.82, 2.24) is 0 Å². The first kappa shape index (κ1) is 19.6. The largest absolute Gasteiger partial charge is 0.394 e. The molecule has 0 bridgehead atoms. The monoisotopic (exact) mass is 392 g/mol. The molecule has 1 N–H and O–H groups in total. The Hall–Kier alpha value is -1.73. The molecule has 2 aliphatic carbocycles. The molecule has 1 saturated heterocycles. The quantitative estimate of drug-likeness (QED) is 0.611. The van der Waals surface area contributed by atoms with Crippen LogP contribution in [0.15, 0.2) is 60.7 Å². The average Bonchev–Trinajstić information content (AvgIpc) is 2.97. The Bertz CT molecular complexity index is 891. The van der Waals surface area contributed by atoms with E-state index in [1.165, 1.54) is 33.1 Å². The Morgan fingerprint density at radius 3 is 2.43 bits per heavy atom. The maximum Gasteiger partial charge on any atom is 0.0832 e. The molecule has 1 fully saturated rings. The van der Waals surface area contributed by atoms with Gasteiger partial charge in [0.25, 0.3) is 0 Å². The second-order valence-electron chi connectivity index (χ2n) is 8.23. The molecule has 1 heterocycles. The summed E-state index contributed by atoms with van der Waals surface area (Å²) >= 11 is 0. The van der Waals surface area contributed by atoms with Crippen molar-refractivity contribution in [2.75, 3.05) is 6.61 Å². The molecule has 1 aliphatic heterocycles. The van der Waals surface area contributed by atoms with E-state index in [1.54, 1.807) is 0 Å². The lowest BCUT2D eigenvalue weighted by Crippen LogP contribution is -2.30. The third kappa shape index (κ3) is 4.01. The third-order valence-corrected chi connectivity index (χ3v) is 6.57. The first-order valence-corrected chi connectivity index (χ1v) is 10.8. The molecule has 0 spiro atoms. The van der Waals surface area contributed by atoms with Crippen molar-refractivity contribution in [1.29, 1.82) is 0 Å². The number of benzene rings is 1. The van der Waals surface area contributed by atoms with Crippen LogP contribution in [0.1, 0.15) is 55.4 Å². The van der Waals surface area contributed by atoms with Gasteiger partial charge in [-0.3, -0.25) is 0 Å². The van der Waals surface area contributed by atoms with Crippen LogP contribution < -0.4 is 5.30 Å². The number of rotatable bonds is 4. The highest BCUT2D eigenvalue weighted by Gasteiger charge is 2.28. The van der Waals surface area contributed by atoms with Crippen LogP contribution in [0, 0.1) is 5.92 Å². The van der Waals surface area contributed by atoms with Crippen LogP contribution in [0.5, 0.6) is 0 Å². The lowest BCUT2D eigenvalue weighted by Gasteiger charge is -2.33. The molecule has 0 amide bonds. The molecule has 4 rings (SSSR count). The van der Waals surface area contributed by atoms with E-state index in [1.807, 2.05) is 0 Å². The van der Waals surface area contributed by atoms with Crippen LogP contribution in [0.2, 0.25) is 0 Å². The lowest BCUT2D eigenvalue weighted by atomic mass is 9.87. The minimum absolute atomic E-state index is 0.0496. The van der Waals surface area contributed by atoms with Gasteiger partial charge >= 0.3 is 0 Å². The van der Waals surface area contributed by atoms with Crippen molar-refractivity contribution in [3.63, 3.8) is 0 Å². The highest BCUT2D eigenvalue weighted by atomic mass is 31.0. The van der Waals surface area contributed by atoms with E-state index in [9.17, 15) is 5.11 Å². The highest BCUT2D eigenvalue weighted by molar-refractivity contribution is 7.27. The number of hydrogen-bond acceptors (Lipinski definition) is 2. The molecule has 0 radical (unpaired) electrons.